The van der Waals surface area contributed by atoms with Crippen molar-refractivity contribution in [1.29, 1.82) is 0 Å². The molecule has 1 aliphatic rings. The molecule has 32 heavy (non-hydrogen) atoms. The zero-order chi connectivity index (χ0) is 22.5. The molecule has 1 aromatic heterocycles. The van der Waals surface area contributed by atoms with E-state index in [4.69, 9.17) is 4.98 Å². The van der Waals surface area contributed by atoms with Gasteiger partial charge in [0.2, 0.25) is 5.95 Å². The van der Waals surface area contributed by atoms with Gasteiger partial charge in [0.15, 0.2) is 0 Å². The average molecular weight is 433 g/mol. The second-order valence-electron chi connectivity index (χ2n) is 8.50. The summed E-state index contributed by atoms with van der Waals surface area (Å²) in [5.74, 6) is 0.555. The minimum absolute atomic E-state index is 0.0833. The summed E-state index contributed by atoms with van der Waals surface area (Å²) in [6, 6.07) is 15.4. The predicted octanol–water partition coefficient (Wildman–Crippen LogP) is 4.35. The van der Waals surface area contributed by atoms with Crippen molar-refractivity contribution in [2.75, 3.05) is 18.0 Å². The van der Waals surface area contributed by atoms with E-state index in [1.807, 2.05) is 30.3 Å². The quantitative estimate of drug-likeness (QED) is 0.603. The predicted molar refractivity (Wildman–Crippen MR) is 129 cm³/mol. The van der Waals surface area contributed by atoms with E-state index in [1.54, 1.807) is 22.8 Å². The van der Waals surface area contributed by atoms with Gasteiger partial charge in [0.25, 0.3) is 11.5 Å². The maximum absolute atomic E-state index is 13.5. The molecule has 1 saturated carbocycles. The maximum atomic E-state index is 13.5. The van der Waals surface area contributed by atoms with Crippen LogP contribution in [0.3, 0.4) is 0 Å². The van der Waals surface area contributed by atoms with Crippen LogP contribution in [0.5, 0.6) is 0 Å². The summed E-state index contributed by atoms with van der Waals surface area (Å²) in [5, 5.41) is 3.69. The number of hydrogen-bond donors (Lipinski definition) is 1. The number of benzene rings is 2. The van der Waals surface area contributed by atoms with Crippen LogP contribution < -0.4 is 15.8 Å². The highest BCUT2D eigenvalue weighted by atomic mass is 16.1. The highest BCUT2D eigenvalue weighted by Gasteiger charge is 2.19. The number of anilines is 1. The molecular formula is C26H32N4O2. The lowest BCUT2D eigenvalue weighted by Crippen LogP contribution is -2.36. The zero-order valence-electron chi connectivity index (χ0n) is 19.0. The van der Waals surface area contributed by atoms with Crippen molar-refractivity contribution < 1.29 is 4.79 Å². The van der Waals surface area contributed by atoms with E-state index in [-0.39, 0.29) is 17.5 Å². The molecule has 0 bridgehead atoms. The van der Waals surface area contributed by atoms with Crippen LogP contribution >= 0.6 is 0 Å². The fourth-order valence-electron chi connectivity index (χ4n) is 4.52. The lowest BCUT2D eigenvalue weighted by Gasteiger charge is -2.24. The van der Waals surface area contributed by atoms with Gasteiger partial charge in [-0.25, -0.2) is 4.98 Å². The van der Waals surface area contributed by atoms with Gasteiger partial charge in [-0.3, -0.25) is 14.2 Å². The third-order valence-electron chi connectivity index (χ3n) is 6.37. The van der Waals surface area contributed by atoms with Crippen LogP contribution in [0.25, 0.3) is 10.9 Å². The number of carbonyl (C=O) groups excluding carboxylic acids is 1. The van der Waals surface area contributed by atoms with Crippen LogP contribution in [0.1, 0.15) is 61.9 Å². The molecule has 1 heterocycles. The summed E-state index contributed by atoms with van der Waals surface area (Å²) in [5.41, 5.74) is 2.09. The third kappa shape index (κ3) is 4.69. The molecular weight excluding hydrogens is 400 g/mol. The smallest absolute Gasteiger partial charge is 0.263 e. The van der Waals surface area contributed by atoms with E-state index in [9.17, 15) is 9.59 Å². The van der Waals surface area contributed by atoms with Crippen molar-refractivity contribution in [3.63, 3.8) is 0 Å². The second kappa shape index (κ2) is 9.98. The Balaban J connectivity index is 1.73. The number of rotatable bonds is 7. The van der Waals surface area contributed by atoms with Crippen molar-refractivity contribution in [1.82, 2.24) is 14.9 Å². The number of fused-ring (bicyclic) bond motifs is 1. The molecule has 1 amide bonds. The second-order valence-corrected chi connectivity index (χ2v) is 8.50. The summed E-state index contributed by atoms with van der Waals surface area (Å²) in [6.07, 6.45) is 5.65. The summed E-state index contributed by atoms with van der Waals surface area (Å²) in [4.78, 5) is 33.3. The Kier molecular flexibility index (Phi) is 6.88. The number of nitrogens with zero attached hydrogens (tertiary/aromatic N) is 3. The zero-order valence-corrected chi connectivity index (χ0v) is 19.0. The molecule has 0 aliphatic heterocycles. The molecule has 0 atom stereocenters. The van der Waals surface area contributed by atoms with E-state index in [2.05, 4.69) is 24.1 Å². The normalized spacial score (nSPS) is 14.4. The molecule has 6 heteroatoms. The Morgan fingerprint density at radius 1 is 1.06 bits per heavy atom. The van der Waals surface area contributed by atoms with E-state index in [1.165, 1.54) is 19.3 Å². The fraction of sp³-hybridized carbons (Fsp3) is 0.423. The van der Waals surface area contributed by atoms with Gasteiger partial charge in [0.05, 0.1) is 17.4 Å². The topological polar surface area (TPSA) is 67.2 Å². The molecule has 3 aromatic rings. The molecule has 168 valence electrons. The molecule has 0 saturated heterocycles. The summed E-state index contributed by atoms with van der Waals surface area (Å²) < 4.78 is 1.74. The number of nitrogens with one attached hydrogen (secondary N) is 1. The van der Waals surface area contributed by atoms with Crippen LogP contribution in [0.2, 0.25) is 0 Å². The Labute approximate surface area is 189 Å². The lowest BCUT2D eigenvalue weighted by atomic mass is 9.95. The number of aromatic nitrogens is 2. The molecule has 1 fully saturated rings. The molecule has 0 spiro atoms. The van der Waals surface area contributed by atoms with Crippen LogP contribution in [-0.4, -0.2) is 34.6 Å². The van der Waals surface area contributed by atoms with Gasteiger partial charge in [0.1, 0.15) is 0 Å². The van der Waals surface area contributed by atoms with Crippen LogP contribution in [0.4, 0.5) is 5.95 Å². The van der Waals surface area contributed by atoms with Crippen molar-refractivity contribution in [2.24, 2.45) is 0 Å². The first-order valence-electron chi connectivity index (χ1n) is 11.7. The monoisotopic (exact) mass is 432 g/mol. The summed E-state index contributed by atoms with van der Waals surface area (Å²) in [6.45, 7) is 6.05. The van der Waals surface area contributed by atoms with Crippen LogP contribution in [-0.2, 0) is 6.54 Å². The minimum atomic E-state index is -0.0848. The van der Waals surface area contributed by atoms with E-state index in [0.717, 1.165) is 31.5 Å². The highest BCUT2D eigenvalue weighted by molar-refractivity contribution is 5.98. The number of hydrogen-bond acceptors (Lipinski definition) is 4. The maximum Gasteiger partial charge on any atom is 0.263 e. The van der Waals surface area contributed by atoms with Gasteiger partial charge >= 0.3 is 0 Å². The van der Waals surface area contributed by atoms with Gasteiger partial charge in [-0.05, 0) is 50.5 Å². The molecule has 6 nitrogen and oxygen atoms in total. The lowest BCUT2D eigenvalue weighted by molar-refractivity contribution is 0.0928. The van der Waals surface area contributed by atoms with E-state index >= 15 is 0 Å². The van der Waals surface area contributed by atoms with Gasteiger partial charge < -0.3 is 10.2 Å². The molecule has 0 radical (unpaired) electrons. The van der Waals surface area contributed by atoms with E-state index < -0.39 is 0 Å². The first-order valence-corrected chi connectivity index (χ1v) is 11.7. The molecule has 1 N–H and O–H groups in total. The Bertz CT molecular complexity index is 1130. The average Bonchev–Trinajstić information content (AvgIpc) is 2.83. The third-order valence-corrected chi connectivity index (χ3v) is 6.37. The summed E-state index contributed by atoms with van der Waals surface area (Å²) >= 11 is 0. The van der Waals surface area contributed by atoms with Crippen LogP contribution in [0, 0.1) is 0 Å². The minimum Gasteiger partial charge on any atom is -0.349 e. The van der Waals surface area contributed by atoms with Gasteiger partial charge in [-0.15, -0.1) is 0 Å². The SMILES string of the molecule is CCN(CC)c1nc2cc(C(=O)NC3CCCCC3)ccc2c(=O)n1Cc1ccccc1. The highest BCUT2D eigenvalue weighted by Crippen LogP contribution is 2.20. The largest absolute Gasteiger partial charge is 0.349 e. The first-order chi connectivity index (χ1) is 15.6. The molecule has 4 rings (SSSR count). The standard InChI is InChI=1S/C26H32N4O2/c1-3-29(4-2)26-28-23-17-20(24(31)27-21-13-9-6-10-14-21)15-16-22(23)25(32)30(26)18-19-11-7-5-8-12-19/h5,7-8,11-12,15-17,21H,3-4,6,9-10,13-14,18H2,1-2H3,(H,27,31). The fourth-order valence-corrected chi connectivity index (χ4v) is 4.52. The molecule has 1 aliphatic carbocycles. The van der Waals surface area contributed by atoms with Crippen LogP contribution in [0.15, 0.2) is 53.3 Å². The van der Waals surface area contributed by atoms with Gasteiger partial charge in [-0.1, -0.05) is 49.6 Å². The first kappa shape index (κ1) is 22.1. The van der Waals surface area contributed by atoms with Crippen molar-refractivity contribution >= 4 is 22.8 Å². The summed E-state index contributed by atoms with van der Waals surface area (Å²) in [7, 11) is 0. The van der Waals surface area contributed by atoms with Gasteiger partial charge in [-0.2, -0.15) is 0 Å². The Morgan fingerprint density at radius 3 is 2.47 bits per heavy atom. The molecule has 2 aromatic carbocycles. The Morgan fingerprint density at radius 2 is 1.78 bits per heavy atom. The molecule has 0 unspecified atom stereocenters. The van der Waals surface area contributed by atoms with E-state index in [0.29, 0.717) is 29.0 Å². The number of carbonyl (C=O) groups is 1. The Hall–Kier alpha value is -3.15. The van der Waals surface area contributed by atoms with Crippen molar-refractivity contribution in [2.45, 2.75) is 58.5 Å². The van der Waals surface area contributed by atoms with Gasteiger partial charge in [0, 0.05) is 24.7 Å². The number of amides is 1. The van der Waals surface area contributed by atoms with Crippen molar-refractivity contribution in [3.8, 4) is 0 Å². The van der Waals surface area contributed by atoms with Crippen molar-refractivity contribution in [3.05, 3.63) is 70.0 Å².